The number of nitrogens with one attached hydrogen (secondary N) is 1. The Morgan fingerprint density at radius 2 is 1.96 bits per heavy atom. The van der Waals surface area contributed by atoms with E-state index in [-0.39, 0.29) is 6.10 Å². The molecule has 0 fully saturated rings. The standard InChI is InChI=1S/C12H17BrClNO2.C2H2O4/c1-9(16)8-15-5-2-6-17-12-4-3-10(13)7-11(12)14;3-1(4)2(5)6/h3-4,7,9,15-16H,2,5-6,8H2,1H3;(H,3,4)(H,5,6). The van der Waals surface area contributed by atoms with Crippen molar-refractivity contribution in [2.75, 3.05) is 19.7 Å². The third-order valence-electron chi connectivity index (χ3n) is 2.27. The van der Waals surface area contributed by atoms with Gasteiger partial charge in [-0.05, 0) is 38.1 Å². The number of ether oxygens (including phenoxy) is 1. The number of carboxylic acid groups (broad SMARTS) is 2. The number of aliphatic carboxylic acids is 2. The van der Waals surface area contributed by atoms with Crippen LogP contribution in [0, 0.1) is 0 Å². The van der Waals surface area contributed by atoms with Crippen molar-refractivity contribution in [2.45, 2.75) is 19.4 Å². The van der Waals surface area contributed by atoms with E-state index in [1.807, 2.05) is 18.2 Å². The molecule has 0 amide bonds. The summed E-state index contributed by atoms with van der Waals surface area (Å²) in [7, 11) is 0. The molecule has 4 N–H and O–H groups in total. The fraction of sp³-hybridized carbons (Fsp3) is 0.429. The first-order valence-electron chi connectivity index (χ1n) is 6.67. The zero-order valence-corrected chi connectivity index (χ0v) is 14.8. The van der Waals surface area contributed by atoms with Gasteiger partial charge in [-0.3, -0.25) is 0 Å². The number of hydrogen-bond acceptors (Lipinski definition) is 5. The summed E-state index contributed by atoms with van der Waals surface area (Å²) < 4.78 is 6.48. The molecular weight excluding hydrogens is 394 g/mol. The Hall–Kier alpha value is -1.35. The second kappa shape index (κ2) is 12.1. The maximum Gasteiger partial charge on any atom is 0.414 e. The van der Waals surface area contributed by atoms with Crippen LogP contribution < -0.4 is 10.1 Å². The molecule has 7 nitrogen and oxygen atoms in total. The lowest BCUT2D eigenvalue weighted by Crippen LogP contribution is -2.26. The monoisotopic (exact) mass is 411 g/mol. The summed E-state index contributed by atoms with van der Waals surface area (Å²) >= 11 is 9.35. The molecule has 23 heavy (non-hydrogen) atoms. The van der Waals surface area contributed by atoms with Crippen molar-refractivity contribution in [1.82, 2.24) is 5.32 Å². The minimum atomic E-state index is -1.82. The van der Waals surface area contributed by atoms with Gasteiger partial charge in [-0.2, -0.15) is 0 Å². The third kappa shape index (κ3) is 11.8. The molecule has 0 spiro atoms. The Bertz CT molecular complexity index is 500. The van der Waals surface area contributed by atoms with Crippen molar-refractivity contribution in [3.05, 3.63) is 27.7 Å². The van der Waals surface area contributed by atoms with Gasteiger partial charge >= 0.3 is 11.9 Å². The molecule has 1 aromatic carbocycles. The largest absolute Gasteiger partial charge is 0.492 e. The Kier molecular flexibility index (Phi) is 11.4. The Morgan fingerprint density at radius 1 is 1.35 bits per heavy atom. The summed E-state index contributed by atoms with van der Waals surface area (Å²) in [6, 6.07) is 5.55. The lowest BCUT2D eigenvalue weighted by molar-refractivity contribution is -0.159. The third-order valence-corrected chi connectivity index (χ3v) is 3.06. The van der Waals surface area contributed by atoms with Crippen molar-refractivity contribution in [3.63, 3.8) is 0 Å². The van der Waals surface area contributed by atoms with Crippen LogP contribution in [-0.2, 0) is 9.59 Å². The summed E-state index contributed by atoms with van der Waals surface area (Å²) in [4.78, 5) is 18.2. The topological polar surface area (TPSA) is 116 Å². The molecule has 0 saturated heterocycles. The van der Waals surface area contributed by atoms with Crippen molar-refractivity contribution < 1.29 is 29.6 Å². The SMILES string of the molecule is CC(O)CNCCCOc1ccc(Br)cc1Cl.O=C(O)C(=O)O. The van der Waals surface area contributed by atoms with E-state index in [1.165, 1.54) is 0 Å². The molecule has 0 aliphatic heterocycles. The van der Waals surface area contributed by atoms with Gasteiger partial charge in [-0.1, -0.05) is 27.5 Å². The zero-order valence-electron chi connectivity index (χ0n) is 12.5. The molecule has 9 heteroatoms. The van der Waals surface area contributed by atoms with Crippen LogP contribution >= 0.6 is 27.5 Å². The summed E-state index contributed by atoms with van der Waals surface area (Å²) in [5.41, 5.74) is 0. The molecule has 0 aromatic heterocycles. The van der Waals surface area contributed by atoms with Gasteiger partial charge in [-0.25, -0.2) is 9.59 Å². The lowest BCUT2D eigenvalue weighted by Gasteiger charge is -2.09. The van der Waals surface area contributed by atoms with E-state index >= 15 is 0 Å². The van der Waals surface area contributed by atoms with Gasteiger partial charge in [0.25, 0.3) is 0 Å². The molecule has 0 radical (unpaired) electrons. The summed E-state index contributed by atoms with van der Waals surface area (Å²) in [6.45, 7) is 3.79. The normalized spacial score (nSPS) is 11.1. The first kappa shape index (κ1) is 21.6. The number of aliphatic hydroxyl groups is 1. The van der Waals surface area contributed by atoms with E-state index in [9.17, 15) is 0 Å². The molecule has 1 aromatic rings. The minimum Gasteiger partial charge on any atom is -0.492 e. The van der Waals surface area contributed by atoms with E-state index in [0.29, 0.717) is 23.9 Å². The highest BCUT2D eigenvalue weighted by Crippen LogP contribution is 2.27. The second-order valence-electron chi connectivity index (χ2n) is 4.44. The van der Waals surface area contributed by atoms with Crippen LogP contribution in [0.3, 0.4) is 0 Å². The highest BCUT2D eigenvalue weighted by Gasteiger charge is 2.04. The summed E-state index contributed by atoms with van der Waals surface area (Å²) in [5.74, 6) is -2.95. The van der Waals surface area contributed by atoms with Crippen molar-refractivity contribution in [2.24, 2.45) is 0 Å². The molecule has 130 valence electrons. The van der Waals surface area contributed by atoms with Gasteiger partial charge in [0, 0.05) is 11.0 Å². The van der Waals surface area contributed by atoms with Crippen molar-refractivity contribution in [1.29, 1.82) is 0 Å². The fourth-order valence-electron chi connectivity index (χ4n) is 1.28. The minimum absolute atomic E-state index is 0.308. The molecule has 0 bridgehead atoms. The highest BCUT2D eigenvalue weighted by atomic mass is 79.9. The van der Waals surface area contributed by atoms with Crippen LogP contribution in [0.5, 0.6) is 5.75 Å². The average Bonchev–Trinajstić information content (AvgIpc) is 2.44. The van der Waals surface area contributed by atoms with Crippen LogP contribution in [-0.4, -0.2) is 53.1 Å². The molecule has 1 atom stereocenters. The van der Waals surface area contributed by atoms with E-state index in [0.717, 1.165) is 17.4 Å². The Labute approximate surface area is 147 Å². The van der Waals surface area contributed by atoms with Crippen molar-refractivity contribution >= 4 is 39.5 Å². The second-order valence-corrected chi connectivity index (χ2v) is 5.76. The van der Waals surface area contributed by atoms with E-state index in [2.05, 4.69) is 21.2 Å². The van der Waals surface area contributed by atoms with Gasteiger partial charge in [0.05, 0.1) is 17.7 Å². The fourth-order valence-corrected chi connectivity index (χ4v) is 2.01. The highest BCUT2D eigenvalue weighted by molar-refractivity contribution is 9.10. The van der Waals surface area contributed by atoms with Crippen molar-refractivity contribution in [3.8, 4) is 5.75 Å². The van der Waals surface area contributed by atoms with E-state index in [4.69, 9.17) is 41.2 Å². The first-order valence-corrected chi connectivity index (χ1v) is 7.84. The maximum atomic E-state index is 9.10. The van der Waals surface area contributed by atoms with Crippen LogP contribution in [0.2, 0.25) is 5.02 Å². The number of halogens is 2. The predicted molar refractivity (Wildman–Crippen MR) is 89.1 cm³/mol. The molecule has 0 aliphatic rings. The number of rotatable bonds is 7. The number of hydrogen-bond donors (Lipinski definition) is 4. The number of benzene rings is 1. The van der Waals surface area contributed by atoms with Gasteiger partial charge in [-0.15, -0.1) is 0 Å². The van der Waals surface area contributed by atoms with Gasteiger partial charge in [0.15, 0.2) is 0 Å². The quantitative estimate of drug-likeness (QED) is 0.400. The molecule has 1 rings (SSSR count). The Balaban J connectivity index is 0.000000688. The van der Waals surface area contributed by atoms with Crippen LogP contribution in [0.1, 0.15) is 13.3 Å². The van der Waals surface area contributed by atoms with Gasteiger partial charge in [0.1, 0.15) is 5.75 Å². The van der Waals surface area contributed by atoms with E-state index < -0.39 is 11.9 Å². The number of carboxylic acids is 2. The van der Waals surface area contributed by atoms with E-state index in [1.54, 1.807) is 6.92 Å². The predicted octanol–water partition coefficient (Wildman–Crippen LogP) is 2.00. The van der Waals surface area contributed by atoms with Gasteiger partial charge in [0.2, 0.25) is 0 Å². The molecule has 0 heterocycles. The maximum absolute atomic E-state index is 9.10. The molecule has 1 unspecified atom stereocenters. The zero-order chi connectivity index (χ0) is 17.8. The smallest absolute Gasteiger partial charge is 0.414 e. The summed E-state index contributed by atoms with van der Waals surface area (Å²) in [5, 5.41) is 27.5. The molecule has 0 saturated carbocycles. The van der Waals surface area contributed by atoms with Crippen LogP contribution in [0.4, 0.5) is 0 Å². The average molecular weight is 413 g/mol. The Morgan fingerprint density at radius 3 is 2.43 bits per heavy atom. The molecule has 0 aliphatic carbocycles. The van der Waals surface area contributed by atoms with Crippen LogP contribution in [0.15, 0.2) is 22.7 Å². The van der Waals surface area contributed by atoms with Gasteiger partial charge < -0.3 is 25.4 Å². The molecular formula is C14H19BrClNO6. The summed E-state index contributed by atoms with van der Waals surface area (Å²) in [6.07, 6.45) is 0.566. The first-order chi connectivity index (χ1) is 10.7. The number of carbonyl (C=O) groups is 2. The number of aliphatic hydroxyl groups excluding tert-OH is 1. The van der Waals surface area contributed by atoms with Crippen LogP contribution in [0.25, 0.3) is 0 Å². The lowest BCUT2D eigenvalue weighted by atomic mass is 10.3.